The minimum atomic E-state index is -2.04. The Morgan fingerprint density at radius 1 is 1.42 bits per heavy atom. The van der Waals surface area contributed by atoms with E-state index in [1.54, 1.807) is 0 Å². The highest BCUT2D eigenvalue weighted by Crippen LogP contribution is 2.40. The lowest BCUT2D eigenvalue weighted by Gasteiger charge is -2.38. The molecule has 0 saturated carbocycles. The van der Waals surface area contributed by atoms with Crippen molar-refractivity contribution in [1.82, 2.24) is 0 Å². The highest BCUT2D eigenvalue weighted by atomic mass is 79.9. The predicted octanol–water partition coefficient (Wildman–Crippen LogP) is 5.01. The molecule has 0 radical (unpaired) electrons. The molecule has 1 aromatic carbocycles. The van der Waals surface area contributed by atoms with Crippen LogP contribution < -0.4 is 4.90 Å². The molecule has 1 atom stereocenters. The molecule has 2 rings (SSSR count). The highest BCUT2D eigenvalue weighted by Gasteiger charge is 2.41. The molecule has 9 heteroatoms. The Hall–Kier alpha value is -1.32. The van der Waals surface area contributed by atoms with E-state index in [2.05, 4.69) is 49.8 Å². The lowest BCUT2D eigenvalue weighted by atomic mass is 10.2. The number of hydrogen-bond donors (Lipinski definition) is 0. The number of nitro benzene ring substituents is 1. The molecule has 1 heterocycles. The molecule has 144 valence electrons. The number of carbonyl (C=O) groups is 1. The molecule has 1 saturated heterocycles. The Labute approximate surface area is 162 Å². The summed E-state index contributed by atoms with van der Waals surface area (Å²) in [6.45, 7) is 10.8. The molecule has 1 fully saturated rings. The first-order valence-corrected chi connectivity index (χ1v) is 12.1. The molecular formula is C17H24BrFN2O4Si. The minimum Gasteiger partial charge on any atom is -0.415 e. The average Bonchev–Trinajstić information content (AvgIpc) is 2.83. The number of halogens is 2. The molecule has 0 aromatic heterocycles. The third kappa shape index (κ3) is 4.15. The maximum Gasteiger partial charge on any atom is 0.328 e. The molecule has 0 N–H and O–H groups in total. The quantitative estimate of drug-likeness (QED) is 0.361. The summed E-state index contributed by atoms with van der Waals surface area (Å²) in [5, 5.41) is 11.4. The van der Waals surface area contributed by atoms with E-state index in [1.807, 2.05) is 0 Å². The van der Waals surface area contributed by atoms with Crippen LogP contribution in [0.15, 0.2) is 16.6 Å². The van der Waals surface area contributed by atoms with Gasteiger partial charge in [0.2, 0.25) is 11.7 Å². The van der Waals surface area contributed by atoms with Gasteiger partial charge in [-0.05, 0) is 36.7 Å². The van der Waals surface area contributed by atoms with E-state index in [-0.39, 0.29) is 35.7 Å². The van der Waals surface area contributed by atoms with Crippen LogP contribution in [0.4, 0.5) is 15.8 Å². The van der Waals surface area contributed by atoms with Crippen LogP contribution in [0.5, 0.6) is 0 Å². The smallest absolute Gasteiger partial charge is 0.328 e. The van der Waals surface area contributed by atoms with Crippen molar-refractivity contribution >= 4 is 41.5 Å². The summed E-state index contributed by atoms with van der Waals surface area (Å²) in [6.07, 6.45) is 0.787. The number of hydrogen-bond acceptors (Lipinski definition) is 4. The largest absolute Gasteiger partial charge is 0.415 e. The fourth-order valence-electron chi connectivity index (χ4n) is 2.67. The van der Waals surface area contributed by atoms with Crippen LogP contribution in [0.3, 0.4) is 0 Å². The fourth-order valence-corrected chi connectivity index (χ4v) is 4.13. The molecule has 1 aromatic rings. The number of nitro groups is 1. The van der Waals surface area contributed by atoms with E-state index in [9.17, 15) is 19.3 Å². The summed E-state index contributed by atoms with van der Waals surface area (Å²) < 4.78 is 20.7. The Morgan fingerprint density at radius 2 is 2.04 bits per heavy atom. The van der Waals surface area contributed by atoms with Gasteiger partial charge in [0, 0.05) is 10.9 Å². The van der Waals surface area contributed by atoms with Crippen LogP contribution in [-0.4, -0.2) is 31.8 Å². The summed E-state index contributed by atoms with van der Waals surface area (Å²) in [4.78, 5) is 24.3. The van der Waals surface area contributed by atoms with E-state index < -0.39 is 24.7 Å². The van der Waals surface area contributed by atoms with Crippen LogP contribution in [0.1, 0.15) is 33.6 Å². The van der Waals surface area contributed by atoms with Crippen molar-refractivity contribution in [2.75, 3.05) is 11.5 Å². The van der Waals surface area contributed by atoms with Gasteiger partial charge in [0.1, 0.15) is 5.69 Å². The molecule has 0 spiro atoms. The van der Waals surface area contributed by atoms with Crippen LogP contribution in [0, 0.1) is 15.9 Å². The SMILES string of the molecule is CC(C)(C)[Si](C)(C)OC[C@@H]1CCC(=O)N1c1cc(Br)cc(F)c1[N+](=O)[O-]. The molecule has 1 aliphatic heterocycles. The van der Waals surface area contributed by atoms with Crippen molar-refractivity contribution in [2.45, 2.75) is 57.8 Å². The first-order chi connectivity index (χ1) is 11.8. The standard InChI is InChI=1S/C17H24BrFN2O4Si/c1-17(2,3)26(4,5)25-10-12-6-7-15(22)20(12)14-9-11(18)8-13(19)16(14)21(23)24/h8-9,12H,6-7,10H2,1-5H3/t12-/m0/s1. The molecule has 1 amide bonds. The van der Waals surface area contributed by atoms with Gasteiger partial charge in [-0.25, -0.2) is 0 Å². The van der Waals surface area contributed by atoms with Crippen LogP contribution in [0.25, 0.3) is 0 Å². The lowest BCUT2D eigenvalue weighted by molar-refractivity contribution is -0.386. The van der Waals surface area contributed by atoms with Gasteiger partial charge in [0.05, 0.1) is 17.6 Å². The summed E-state index contributed by atoms with van der Waals surface area (Å²) in [6, 6.07) is 2.11. The lowest BCUT2D eigenvalue weighted by Crippen LogP contribution is -2.45. The fraction of sp³-hybridized carbons (Fsp3) is 0.588. The van der Waals surface area contributed by atoms with Crippen LogP contribution in [-0.2, 0) is 9.22 Å². The topological polar surface area (TPSA) is 72.7 Å². The van der Waals surface area contributed by atoms with Gasteiger partial charge in [0.15, 0.2) is 8.32 Å². The van der Waals surface area contributed by atoms with Gasteiger partial charge in [-0.1, -0.05) is 36.7 Å². The molecule has 6 nitrogen and oxygen atoms in total. The zero-order valence-electron chi connectivity index (χ0n) is 15.6. The highest BCUT2D eigenvalue weighted by molar-refractivity contribution is 9.10. The Bertz CT molecular complexity index is 736. The zero-order chi connectivity index (χ0) is 19.9. The van der Waals surface area contributed by atoms with Crippen molar-refractivity contribution in [2.24, 2.45) is 0 Å². The number of nitrogens with zero attached hydrogens (tertiary/aromatic N) is 2. The van der Waals surface area contributed by atoms with Gasteiger partial charge in [-0.3, -0.25) is 14.9 Å². The predicted molar refractivity (Wildman–Crippen MR) is 104 cm³/mol. The van der Waals surface area contributed by atoms with Crippen molar-refractivity contribution in [3.8, 4) is 0 Å². The zero-order valence-corrected chi connectivity index (χ0v) is 18.2. The number of anilines is 1. The summed E-state index contributed by atoms with van der Waals surface area (Å²) in [5.74, 6) is -1.22. The maximum absolute atomic E-state index is 14.2. The Kier molecular flexibility index (Phi) is 5.94. The monoisotopic (exact) mass is 446 g/mol. The molecular weight excluding hydrogens is 423 g/mol. The molecule has 26 heavy (non-hydrogen) atoms. The summed E-state index contributed by atoms with van der Waals surface area (Å²) >= 11 is 3.16. The molecule has 1 aliphatic rings. The van der Waals surface area contributed by atoms with Gasteiger partial charge in [-0.15, -0.1) is 0 Å². The van der Waals surface area contributed by atoms with Gasteiger partial charge < -0.3 is 9.33 Å². The third-order valence-corrected chi connectivity index (χ3v) is 10.2. The van der Waals surface area contributed by atoms with E-state index in [1.165, 1.54) is 11.0 Å². The van der Waals surface area contributed by atoms with Crippen molar-refractivity contribution < 1.29 is 18.5 Å². The van der Waals surface area contributed by atoms with E-state index >= 15 is 0 Å². The van der Waals surface area contributed by atoms with Crippen LogP contribution >= 0.6 is 15.9 Å². The Morgan fingerprint density at radius 3 is 2.58 bits per heavy atom. The Balaban J connectivity index is 2.36. The number of amides is 1. The van der Waals surface area contributed by atoms with E-state index in [4.69, 9.17) is 4.43 Å². The second-order valence-corrected chi connectivity index (χ2v) is 13.8. The molecule has 0 aliphatic carbocycles. The maximum atomic E-state index is 14.2. The van der Waals surface area contributed by atoms with Gasteiger partial charge >= 0.3 is 5.69 Å². The van der Waals surface area contributed by atoms with Gasteiger partial charge in [0.25, 0.3) is 0 Å². The van der Waals surface area contributed by atoms with Crippen LogP contribution in [0.2, 0.25) is 18.1 Å². The number of carbonyl (C=O) groups excluding carboxylic acids is 1. The number of benzene rings is 1. The minimum absolute atomic E-state index is 0.00826. The number of rotatable bonds is 5. The van der Waals surface area contributed by atoms with Crippen molar-refractivity contribution in [1.29, 1.82) is 0 Å². The first-order valence-electron chi connectivity index (χ1n) is 8.44. The molecule has 0 bridgehead atoms. The van der Waals surface area contributed by atoms with E-state index in [0.29, 0.717) is 10.9 Å². The van der Waals surface area contributed by atoms with Gasteiger partial charge in [-0.2, -0.15) is 4.39 Å². The second kappa shape index (κ2) is 7.36. The van der Waals surface area contributed by atoms with Crippen molar-refractivity contribution in [3.05, 3.63) is 32.5 Å². The average molecular weight is 447 g/mol. The summed E-state index contributed by atoms with van der Waals surface area (Å²) in [5.41, 5.74) is -0.700. The molecule has 0 unspecified atom stereocenters. The van der Waals surface area contributed by atoms with Crippen molar-refractivity contribution in [3.63, 3.8) is 0 Å². The second-order valence-electron chi connectivity index (χ2n) is 8.04. The first kappa shape index (κ1) is 21.0. The normalized spacial score (nSPS) is 18.5. The van der Waals surface area contributed by atoms with E-state index in [0.717, 1.165) is 6.07 Å². The summed E-state index contributed by atoms with van der Waals surface area (Å²) in [7, 11) is -2.04. The third-order valence-electron chi connectivity index (χ3n) is 5.22.